The van der Waals surface area contributed by atoms with Crippen LogP contribution in [0.2, 0.25) is 0 Å². The van der Waals surface area contributed by atoms with Gasteiger partial charge in [0.1, 0.15) is 0 Å². The lowest BCUT2D eigenvalue weighted by molar-refractivity contribution is -0.180. The Hall–Kier alpha value is -2.48. The van der Waals surface area contributed by atoms with E-state index in [9.17, 15) is 9.59 Å². The molecule has 0 saturated carbocycles. The molecule has 28 heavy (non-hydrogen) atoms. The summed E-state index contributed by atoms with van der Waals surface area (Å²) in [6, 6.07) is 13.3. The van der Waals surface area contributed by atoms with Crippen molar-refractivity contribution in [2.24, 2.45) is 0 Å². The summed E-state index contributed by atoms with van der Waals surface area (Å²) >= 11 is 3.42. The van der Waals surface area contributed by atoms with Crippen molar-refractivity contribution in [3.8, 4) is 0 Å². The van der Waals surface area contributed by atoms with Gasteiger partial charge in [-0.1, -0.05) is 34.1 Å². The van der Waals surface area contributed by atoms with E-state index in [1.54, 1.807) is 11.0 Å². The first-order chi connectivity index (χ1) is 13.5. The number of rotatable bonds is 4. The summed E-state index contributed by atoms with van der Waals surface area (Å²) in [4.78, 5) is 26.3. The number of carbonyl (C=O) groups excluding carboxylic acids is 2. The Morgan fingerprint density at radius 2 is 1.93 bits per heavy atom. The molecule has 0 aliphatic carbocycles. The first kappa shape index (κ1) is 18.9. The Balaban J connectivity index is 1.72. The van der Waals surface area contributed by atoms with Crippen LogP contribution < -0.4 is 4.90 Å². The van der Waals surface area contributed by atoms with Gasteiger partial charge in [-0.2, -0.15) is 0 Å². The Morgan fingerprint density at radius 1 is 1.21 bits per heavy atom. The molecular formula is C21H18BrNO5. The fourth-order valence-corrected chi connectivity index (χ4v) is 3.68. The van der Waals surface area contributed by atoms with Gasteiger partial charge >= 0.3 is 5.97 Å². The zero-order valence-electron chi connectivity index (χ0n) is 15.2. The highest BCUT2D eigenvalue weighted by Gasteiger charge is 2.56. The highest BCUT2D eigenvalue weighted by atomic mass is 79.9. The SMILES string of the molecule is COC(=O)/C=C/c1ccc2c(c1)C1(OCCO1)C(=O)N2Cc1ccc(Br)cc1. The molecule has 144 valence electrons. The number of amides is 1. The number of anilines is 1. The number of methoxy groups -OCH3 is 1. The second-order valence-corrected chi connectivity index (χ2v) is 7.38. The van der Waals surface area contributed by atoms with Gasteiger partial charge in [0.15, 0.2) is 0 Å². The molecule has 0 aromatic heterocycles. The van der Waals surface area contributed by atoms with Crippen LogP contribution in [0.4, 0.5) is 5.69 Å². The lowest BCUT2D eigenvalue weighted by Crippen LogP contribution is -2.40. The second-order valence-electron chi connectivity index (χ2n) is 6.46. The third-order valence-electron chi connectivity index (χ3n) is 4.75. The summed E-state index contributed by atoms with van der Waals surface area (Å²) in [6.07, 6.45) is 2.97. The van der Waals surface area contributed by atoms with Crippen LogP contribution in [-0.4, -0.2) is 32.2 Å². The maximum Gasteiger partial charge on any atom is 0.330 e. The molecule has 4 rings (SSSR count). The maximum atomic E-state index is 13.3. The smallest absolute Gasteiger partial charge is 0.330 e. The molecule has 0 unspecified atom stereocenters. The monoisotopic (exact) mass is 443 g/mol. The predicted octanol–water partition coefficient (Wildman–Crippen LogP) is 3.38. The van der Waals surface area contributed by atoms with Crippen molar-refractivity contribution >= 4 is 39.6 Å². The van der Waals surface area contributed by atoms with Gasteiger partial charge < -0.3 is 19.1 Å². The van der Waals surface area contributed by atoms with Crippen molar-refractivity contribution in [2.75, 3.05) is 25.2 Å². The Labute approximate surface area is 170 Å². The third kappa shape index (κ3) is 3.26. The number of nitrogens with zero attached hydrogens (tertiary/aromatic N) is 1. The van der Waals surface area contributed by atoms with Gasteiger partial charge in [-0.3, -0.25) is 4.79 Å². The van der Waals surface area contributed by atoms with Crippen LogP contribution >= 0.6 is 15.9 Å². The molecule has 2 aromatic rings. The van der Waals surface area contributed by atoms with Crippen LogP contribution in [0.1, 0.15) is 16.7 Å². The maximum absolute atomic E-state index is 13.3. The molecule has 6 nitrogen and oxygen atoms in total. The number of halogens is 1. The van der Waals surface area contributed by atoms with E-state index in [0.717, 1.165) is 21.3 Å². The van der Waals surface area contributed by atoms with Crippen molar-refractivity contribution in [2.45, 2.75) is 12.3 Å². The van der Waals surface area contributed by atoms with E-state index in [2.05, 4.69) is 20.7 Å². The Kier molecular flexibility index (Phi) is 5.05. The van der Waals surface area contributed by atoms with E-state index >= 15 is 0 Å². The standard InChI is InChI=1S/C21H18BrNO5/c1-26-19(24)9-5-14-4-8-18-17(12-14)21(27-10-11-28-21)20(25)23(18)13-15-2-6-16(22)7-3-15/h2-9,12H,10-11,13H2,1H3/b9-5+. The molecule has 0 N–H and O–H groups in total. The van der Waals surface area contributed by atoms with Crippen molar-refractivity contribution in [1.29, 1.82) is 0 Å². The van der Waals surface area contributed by atoms with E-state index in [1.165, 1.54) is 13.2 Å². The van der Waals surface area contributed by atoms with Crippen LogP contribution in [0.3, 0.4) is 0 Å². The molecule has 0 bridgehead atoms. The minimum atomic E-state index is -1.42. The van der Waals surface area contributed by atoms with Crippen molar-refractivity contribution in [3.63, 3.8) is 0 Å². The van der Waals surface area contributed by atoms with Crippen LogP contribution in [0.25, 0.3) is 6.08 Å². The number of hydrogen-bond acceptors (Lipinski definition) is 5. The molecule has 0 atom stereocenters. The van der Waals surface area contributed by atoms with Crippen LogP contribution in [0.5, 0.6) is 0 Å². The third-order valence-corrected chi connectivity index (χ3v) is 5.28. The Morgan fingerprint density at radius 3 is 2.61 bits per heavy atom. The summed E-state index contributed by atoms with van der Waals surface area (Å²) in [6.45, 7) is 1.10. The normalized spacial score (nSPS) is 17.5. The predicted molar refractivity (Wildman–Crippen MR) is 106 cm³/mol. The van der Waals surface area contributed by atoms with Crippen LogP contribution in [-0.2, 0) is 36.1 Å². The quantitative estimate of drug-likeness (QED) is 0.535. The summed E-state index contributed by atoms with van der Waals surface area (Å²) < 4.78 is 17.2. The zero-order chi connectivity index (χ0) is 19.7. The van der Waals surface area contributed by atoms with Gasteiger partial charge in [0, 0.05) is 16.1 Å². The number of benzene rings is 2. The fourth-order valence-electron chi connectivity index (χ4n) is 3.41. The molecule has 0 radical (unpaired) electrons. The first-order valence-corrected chi connectivity index (χ1v) is 9.58. The van der Waals surface area contributed by atoms with Crippen LogP contribution in [0.15, 0.2) is 53.0 Å². The van der Waals surface area contributed by atoms with Gasteiger partial charge in [-0.05, 0) is 41.5 Å². The van der Waals surface area contributed by atoms with E-state index in [0.29, 0.717) is 25.3 Å². The van der Waals surface area contributed by atoms with E-state index < -0.39 is 11.8 Å². The van der Waals surface area contributed by atoms with E-state index in [4.69, 9.17) is 9.47 Å². The first-order valence-electron chi connectivity index (χ1n) is 8.78. The molecule has 2 aliphatic rings. The summed E-state index contributed by atoms with van der Waals surface area (Å²) in [5, 5.41) is 0. The van der Waals surface area contributed by atoms with Gasteiger partial charge in [0.2, 0.25) is 0 Å². The molecule has 7 heteroatoms. The molecule has 2 aliphatic heterocycles. The van der Waals surface area contributed by atoms with E-state index in [-0.39, 0.29) is 5.91 Å². The molecule has 1 spiro atoms. The van der Waals surface area contributed by atoms with Gasteiger partial charge in [0.05, 0.1) is 32.6 Å². The number of esters is 1. The highest BCUT2D eigenvalue weighted by molar-refractivity contribution is 9.10. The van der Waals surface area contributed by atoms with Crippen molar-refractivity contribution in [1.82, 2.24) is 0 Å². The summed E-state index contributed by atoms with van der Waals surface area (Å²) in [5.74, 6) is -2.10. The molecule has 2 heterocycles. The number of carbonyl (C=O) groups is 2. The largest absolute Gasteiger partial charge is 0.466 e. The Bertz CT molecular complexity index is 948. The van der Waals surface area contributed by atoms with Crippen molar-refractivity contribution in [3.05, 3.63) is 69.7 Å². The average Bonchev–Trinajstić information content (AvgIpc) is 3.29. The minimum Gasteiger partial charge on any atom is -0.466 e. The number of ether oxygens (including phenoxy) is 3. The summed E-state index contributed by atoms with van der Waals surface area (Å²) in [5.41, 5.74) is 3.14. The fraction of sp³-hybridized carbons (Fsp3) is 0.238. The van der Waals surface area contributed by atoms with Crippen LogP contribution in [0, 0.1) is 0 Å². The lowest BCUT2D eigenvalue weighted by atomic mass is 10.0. The van der Waals surface area contributed by atoms with Gasteiger partial charge in [0.25, 0.3) is 11.7 Å². The van der Waals surface area contributed by atoms with Gasteiger partial charge in [-0.25, -0.2) is 4.79 Å². The molecule has 1 saturated heterocycles. The molecule has 1 amide bonds. The number of hydrogen-bond donors (Lipinski definition) is 0. The van der Waals surface area contributed by atoms with Crippen molar-refractivity contribution < 1.29 is 23.8 Å². The zero-order valence-corrected chi connectivity index (χ0v) is 16.8. The number of fused-ring (bicyclic) bond motifs is 2. The van der Waals surface area contributed by atoms with E-state index in [1.807, 2.05) is 42.5 Å². The van der Waals surface area contributed by atoms with Gasteiger partial charge in [-0.15, -0.1) is 0 Å². The minimum absolute atomic E-state index is 0.239. The lowest BCUT2D eigenvalue weighted by Gasteiger charge is -2.22. The molecule has 2 aromatic carbocycles. The average molecular weight is 444 g/mol. The highest BCUT2D eigenvalue weighted by Crippen LogP contribution is 2.46. The molecular weight excluding hydrogens is 426 g/mol. The molecule has 1 fully saturated rings. The summed E-state index contributed by atoms with van der Waals surface area (Å²) in [7, 11) is 1.32. The second kappa shape index (κ2) is 7.50. The topological polar surface area (TPSA) is 65.1 Å².